The van der Waals surface area contributed by atoms with Gasteiger partial charge in [-0.1, -0.05) is 26.0 Å². The predicted octanol–water partition coefficient (Wildman–Crippen LogP) is 4.71. The number of aliphatic hydroxyl groups excluding tert-OH is 1. The van der Waals surface area contributed by atoms with Crippen LogP contribution in [0.1, 0.15) is 48.5 Å². The van der Waals surface area contributed by atoms with Gasteiger partial charge in [-0.25, -0.2) is 0 Å². The minimum Gasteiger partial charge on any atom is -0.503 e. The maximum atomic E-state index is 13.4. The Balaban J connectivity index is 2.02. The Labute approximate surface area is 205 Å². The third kappa shape index (κ3) is 5.80. The minimum absolute atomic E-state index is 0.0992. The second kappa shape index (κ2) is 11.5. The molecule has 0 saturated heterocycles. The van der Waals surface area contributed by atoms with Gasteiger partial charge >= 0.3 is 0 Å². The van der Waals surface area contributed by atoms with Crippen molar-refractivity contribution >= 4 is 23.0 Å². The highest BCUT2D eigenvalue weighted by molar-refractivity contribution is 7.12. The van der Waals surface area contributed by atoms with E-state index >= 15 is 0 Å². The molecule has 0 radical (unpaired) electrons. The zero-order chi connectivity index (χ0) is 24.8. The van der Waals surface area contributed by atoms with Crippen molar-refractivity contribution < 1.29 is 24.2 Å². The van der Waals surface area contributed by atoms with Crippen LogP contribution in [-0.2, 0) is 4.79 Å². The van der Waals surface area contributed by atoms with E-state index in [0.717, 1.165) is 6.42 Å². The van der Waals surface area contributed by atoms with E-state index in [2.05, 4.69) is 13.8 Å². The van der Waals surface area contributed by atoms with Gasteiger partial charge in [0.05, 0.1) is 29.7 Å². The number of hydrogen-bond acceptors (Lipinski definition) is 7. The number of thiophene rings is 1. The Hall–Kier alpha value is -2.84. The fourth-order valence-electron chi connectivity index (χ4n) is 3.80. The molecule has 34 heavy (non-hydrogen) atoms. The van der Waals surface area contributed by atoms with Crippen molar-refractivity contribution in [1.82, 2.24) is 9.80 Å². The third-order valence-electron chi connectivity index (χ3n) is 5.62. The second-order valence-corrected chi connectivity index (χ2v) is 9.89. The smallest absolute Gasteiger partial charge is 0.290 e. The number of amides is 1. The van der Waals surface area contributed by atoms with Gasteiger partial charge in [-0.15, -0.1) is 11.3 Å². The van der Waals surface area contributed by atoms with Crippen LogP contribution < -0.4 is 9.47 Å². The Morgan fingerprint density at radius 3 is 2.59 bits per heavy atom. The summed E-state index contributed by atoms with van der Waals surface area (Å²) in [6, 6.07) is 8.24. The van der Waals surface area contributed by atoms with Crippen LogP contribution in [-0.4, -0.2) is 67.0 Å². The molecule has 8 heteroatoms. The molecule has 0 saturated carbocycles. The molecule has 0 spiro atoms. The number of carbonyl (C=O) groups excluding carboxylic acids is 2. The van der Waals surface area contributed by atoms with Gasteiger partial charge in [0.25, 0.3) is 5.91 Å². The summed E-state index contributed by atoms with van der Waals surface area (Å²) in [6.07, 6.45) is 0.916. The molecule has 1 aliphatic heterocycles. The topological polar surface area (TPSA) is 79.3 Å². The Morgan fingerprint density at radius 1 is 1.21 bits per heavy atom. The monoisotopic (exact) mass is 486 g/mol. The van der Waals surface area contributed by atoms with Crippen LogP contribution in [0.5, 0.6) is 11.5 Å². The van der Waals surface area contributed by atoms with E-state index in [-0.39, 0.29) is 11.4 Å². The van der Waals surface area contributed by atoms with E-state index in [1.807, 2.05) is 44.1 Å². The molecule has 184 valence electrons. The van der Waals surface area contributed by atoms with Gasteiger partial charge in [0.15, 0.2) is 17.3 Å². The molecule has 1 unspecified atom stereocenters. The summed E-state index contributed by atoms with van der Waals surface area (Å²) in [5.41, 5.74) is 0.790. The number of carbonyl (C=O) groups is 2. The summed E-state index contributed by atoms with van der Waals surface area (Å²) < 4.78 is 11.8. The number of ketones is 1. The van der Waals surface area contributed by atoms with Gasteiger partial charge in [0.1, 0.15) is 0 Å². The lowest BCUT2D eigenvalue weighted by Gasteiger charge is -2.28. The summed E-state index contributed by atoms with van der Waals surface area (Å²) >= 11 is 1.29. The molecule has 1 aromatic heterocycles. The fourth-order valence-corrected chi connectivity index (χ4v) is 4.48. The van der Waals surface area contributed by atoms with Crippen molar-refractivity contribution in [2.45, 2.75) is 33.2 Å². The van der Waals surface area contributed by atoms with Crippen LogP contribution in [0, 0.1) is 5.92 Å². The first-order chi connectivity index (χ1) is 16.2. The molecule has 2 heterocycles. The molecule has 3 rings (SSSR count). The average molecular weight is 487 g/mol. The highest BCUT2D eigenvalue weighted by atomic mass is 32.1. The predicted molar refractivity (Wildman–Crippen MR) is 134 cm³/mol. The Bertz CT molecular complexity index is 1030. The molecular formula is C26H34N2O5S. The number of aliphatic hydroxyl groups is 1. The van der Waals surface area contributed by atoms with Crippen molar-refractivity contribution in [2.75, 3.05) is 40.4 Å². The summed E-state index contributed by atoms with van der Waals surface area (Å²) in [7, 11) is 3.83. The minimum atomic E-state index is -0.717. The lowest BCUT2D eigenvalue weighted by atomic mass is 9.95. The normalized spacial score (nSPS) is 16.1. The standard InChI is InChI=1S/C26H34N2O5S/c1-6-32-20-16-18(9-10-19(20)33-14-11-17(2)3)23-22(24(29)21-8-7-15-34-21)25(30)26(31)28(23)13-12-27(4)5/h7-10,15-17,23,30H,6,11-14H2,1-5H3. The molecule has 1 aliphatic rings. The Kier molecular flexibility index (Phi) is 8.74. The fraction of sp³-hybridized carbons (Fsp3) is 0.462. The summed E-state index contributed by atoms with van der Waals surface area (Å²) in [6.45, 7) is 8.13. The van der Waals surface area contributed by atoms with E-state index in [1.165, 1.54) is 11.3 Å². The van der Waals surface area contributed by atoms with Crippen LogP contribution in [0.3, 0.4) is 0 Å². The van der Waals surface area contributed by atoms with Gasteiger partial charge in [0.2, 0.25) is 5.78 Å². The van der Waals surface area contributed by atoms with Gasteiger partial charge in [0, 0.05) is 13.1 Å². The maximum absolute atomic E-state index is 13.4. The van der Waals surface area contributed by atoms with E-state index in [4.69, 9.17) is 9.47 Å². The van der Waals surface area contributed by atoms with E-state index in [0.29, 0.717) is 54.2 Å². The van der Waals surface area contributed by atoms with E-state index in [9.17, 15) is 14.7 Å². The summed E-state index contributed by atoms with van der Waals surface area (Å²) in [4.78, 5) is 30.4. The molecule has 0 bridgehead atoms. The Morgan fingerprint density at radius 2 is 1.97 bits per heavy atom. The lowest BCUT2D eigenvalue weighted by molar-refractivity contribution is -0.129. The highest BCUT2D eigenvalue weighted by Crippen LogP contribution is 2.42. The van der Waals surface area contributed by atoms with Gasteiger partial charge in [-0.2, -0.15) is 0 Å². The molecule has 1 amide bonds. The molecule has 0 aliphatic carbocycles. The molecule has 1 N–H and O–H groups in total. The first kappa shape index (κ1) is 25.8. The van der Waals surface area contributed by atoms with E-state index < -0.39 is 17.7 Å². The SMILES string of the molecule is CCOc1cc(C2C(C(=O)c3cccs3)=C(O)C(=O)N2CCN(C)C)ccc1OCCC(C)C. The van der Waals surface area contributed by atoms with Crippen molar-refractivity contribution in [3.63, 3.8) is 0 Å². The number of rotatable bonds is 12. The molecule has 0 fully saturated rings. The van der Waals surface area contributed by atoms with Crippen LogP contribution in [0.15, 0.2) is 47.0 Å². The van der Waals surface area contributed by atoms with Gasteiger partial charge in [-0.05, 0) is 62.5 Å². The first-order valence-electron chi connectivity index (χ1n) is 11.6. The van der Waals surface area contributed by atoms with Crippen LogP contribution in [0.2, 0.25) is 0 Å². The van der Waals surface area contributed by atoms with Gasteiger partial charge < -0.3 is 24.4 Å². The van der Waals surface area contributed by atoms with Crippen molar-refractivity contribution in [3.8, 4) is 11.5 Å². The number of Topliss-reactive ketones (excluding diaryl/α,β-unsaturated/α-hetero) is 1. The number of likely N-dealkylation sites (N-methyl/N-ethyl adjacent to an activating group) is 1. The lowest BCUT2D eigenvalue weighted by Crippen LogP contribution is -2.36. The van der Waals surface area contributed by atoms with Crippen LogP contribution in [0.4, 0.5) is 0 Å². The van der Waals surface area contributed by atoms with Crippen molar-refractivity contribution in [2.24, 2.45) is 5.92 Å². The maximum Gasteiger partial charge on any atom is 0.290 e. The zero-order valence-electron chi connectivity index (χ0n) is 20.5. The quantitative estimate of drug-likeness (QED) is 0.438. The van der Waals surface area contributed by atoms with Gasteiger partial charge in [-0.3, -0.25) is 9.59 Å². The molecule has 2 aromatic rings. The largest absolute Gasteiger partial charge is 0.503 e. The summed E-state index contributed by atoms with van der Waals surface area (Å²) in [5, 5.41) is 12.6. The zero-order valence-corrected chi connectivity index (χ0v) is 21.4. The molecular weight excluding hydrogens is 452 g/mol. The van der Waals surface area contributed by atoms with Crippen molar-refractivity contribution in [3.05, 3.63) is 57.5 Å². The molecule has 1 aromatic carbocycles. The number of ether oxygens (including phenoxy) is 2. The van der Waals surface area contributed by atoms with E-state index in [1.54, 1.807) is 22.4 Å². The first-order valence-corrected chi connectivity index (χ1v) is 12.5. The third-order valence-corrected chi connectivity index (χ3v) is 6.49. The van der Waals surface area contributed by atoms with Crippen LogP contribution >= 0.6 is 11.3 Å². The average Bonchev–Trinajstić information content (AvgIpc) is 3.41. The number of benzene rings is 1. The number of nitrogens with zero attached hydrogens (tertiary/aromatic N) is 2. The highest BCUT2D eigenvalue weighted by Gasteiger charge is 2.44. The van der Waals surface area contributed by atoms with Crippen molar-refractivity contribution in [1.29, 1.82) is 0 Å². The number of hydrogen-bond donors (Lipinski definition) is 1. The summed E-state index contributed by atoms with van der Waals surface area (Å²) in [5.74, 6) is 0.323. The van der Waals surface area contributed by atoms with Crippen LogP contribution in [0.25, 0.3) is 0 Å². The second-order valence-electron chi connectivity index (χ2n) is 8.94. The molecule has 7 nitrogen and oxygen atoms in total. The molecule has 1 atom stereocenters.